The molecule has 88 valence electrons. The molecule has 0 saturated heterocycles. The fourth-order valence-corrected chi connectivity index (χ4v) is 1.72. The number of hydrogen-bond acceptors (Lipinski definition) is 1. The van der Waals surface area contributed by atoms with Crippen molar-refractivity contribution < 1.29 is 4.42 Å². The molecule has 16 heavy (non-hydrogen) atoms. The molecule has 0 bridgehead atoms. The lowest BCUT2D eigenvalue weighted by Crippen LogP contribution is -1.81. The lowest BCUT2D eigenvalue weighted by atomic mass is 10.1. The van der Waals surface area contributed by atoms with Crippen molar-refractivity contribution in [3.63, 3.8) is 0 Å². The van der Waals surface area contributed by atoms with E-state index in [0.717, 1.165) is 23.5 Å². The van der Waals surface area contributed by atoms with Crippen molar-refractivity contribution in [2.45, 2.75) is 46.5 Å². The molecule has 0 aliphatic rings. The van der Waals surface area contributed by atoms with Gasteiger partial charge in [-0.05, 0) is 32.4 Å². The van der Waals surface area contributed by atoms with Gasteiger partial charge in [0, 0.05) is 12.0 Å². The van der Waals surface area contributed by atoms with E-state index in [-0.39, 0.29) is 0 Å². The minimum absolute atomic E-state index is 0.979. The second kappa shape index (κ2) is 7.10. The fraction of sp³-hybridized carbons (Fsp3) is 0.467. The molecule has 0 spiro atoms. The zero-order valence-electron chi connectivity index (χ0n) is 10.6. The van der Waals surface area contributed by atoms with Gasteiger partial charge in [-0.2, -0.15) is 0 Å². The van der Waals surface area contributed by atoms with Crippen LogP contribution in [0.25, 0.3) is 5.57 Å². The van der Waals surface area contributed by atoms with E-state index in [0.29, 0.717) is 0 Å². The Morgan fingerprint density at radius 3 is 2.69 bits per heavy atom. The molecule has 1 heterocycles. The van der Waals surface area contributed by atoms with E-state index in [1.54, 1.807) is 0 Å². The SMILES string of the molecule is C/C=C\C(=C/C)c1ccc(CCCCC)o1. The minimum atomic E-state index is 0.979. The Bertz CT molecular complexity index is 355. The molecule has 0 aliphatic carbocycles. The first-order valence-corrected chi connectivity index (χ1v) is 6.19. The molecule has 1 heteroatoms. The highest BCUT2D eigenvalue weighted by Gasteiger charge is 2.04. The van der Waals surface area contributed by atoms with Crippen LogP contribution in [0.4, 0.5) is 0 Å². The Morgan fingerprint density at radius 1 is 1.25 bits per heavy atom. The molecule has 0 amide bonds. The van der Waals surface area contributed by atoms with E-state index >= 15 is 0 Å². The van der Waals surface area contributed by atoms with Crippen LogP contribution in [0.3, 0.4) is 0 Å². The largest absolute Gasteiger partial charge is 0.461 e. The van der Waals surface area contributed by atoms with Crippen molar-refractivity contribution in [3.8, 4) is 0 Å². The monoisotopic (exact) mass is 218 g/mol. The fourth-order valence-electron chi connectivity index (χ4n) is 1.72. The lowest BCUT2D eigenvalue weighted by molar-refractivity contribution is 0.487. The summed E-state index contributed by atoms with van der Waals surface area (Å²) in [4.78, 5) is 0. The van der Waals surface area contributed by atoms with Crippen molar-refractivity contribution in [1.82, 2.24) is 0 Å². The Kier molecular flexibility index (Phi) is 5.69. The summed E-state index contributed by atoms with van der Waals surface area (Å²) in [5.41, 5.74) is 1.16. The zero-order valence-corrected chi connectivity index (χ0v) is 10.6. The molecule has 0 N–H and O–H groups in total. The summed E-state index contributed by atoms with van der Waals surface area (Å²) >= 11 is 0. The van der Waals surface area contributed by atoms with Crippen molar-refractivity contribution in [3.05, 3.63) is 41.9 Å². The van der Waals surface area contributed by atoms with Gasteiger partial charge in [0.2, 0.25) is 0 Å². The zero-order chi connectivity index (χ0) is 11.8. The standard InChI is InChI=1S/C15H22O/c1-4-7-8-10-14-11-12-15(16-14)13(6-3)9-5-2/h5-6,9,11-12H,4,7-8,10H2,1-3H3/b9-5-,13-6+. The Morgan fingerprint density at radius 2 is 2.06 bits per heavy atom. The van der Waals surface area contributed by atoms with Gasteiger partial charge in [-0.15, -0.1) is 0 Å². The van der Waals surface area contributed by atoms with Gasteiger partial charge < -0.3 is 4.42 Å². The van der Waals surface area contributed by atoms with Crippen molar-refractivity contribution in [2.24, 2.45) is 0 Å². The van der Waals surface area contributed by atoms with Crippen LogP contribution in [0.5, 0.6) is 0 Å². The molecular formula is C15H22O. The summed E-state index contributed by atoms with van der Waals surface area (Å²) in [6.45, 7) is 6.28. The number of unbranched alkanes of at least 4 members (excludes halogenated alkanes) is 2. The number of furan rings is 1. The van der Waals surface area contributed by atoms with E-state index in [4.69, 9.17) is 4.42 Å². The molecule has 0 unspecified atom stereocenters. The predicted molar refractivity (Wildman–Crippen MR) is 70.4 cm³/mol. The summed E-state index contributed by atoms with van der Waals surface area (Å²) in [6.07, 6.45) is 11.0. The van der Waals surface area contributed by atoms with Crippen LogP contribution in [-0.4, -0.2) is 0 Å². The highest BCUT2D eigenvalue weighted by atomic mass is 16.3. The first kappa shape index (κ1) is 12.8. The highest BCUT2D eigenvalue weighted by molar-refractivity contribution is 5.70. The van der Waals surface area contributed by atoms with E-state index in [9.17, 15) is 0 Å². The van der Waals surface area contributed by atoms with Crippen molar-refractivity contribution in [2.75, 3.05) is 0 Å². The summed E-state index contributed by atoms with van der Waals surface area (Å²) in [7, 11) is 0. The lowest BCUT2D eigenvalue weighted by Gasteiger charge is -1.98. The molecule has 0 aliphatic heterocycles. The van der Waals surface area contributed by atoms with Crippen LogP contribution in [0, 0.1) is 0 Å². The Balaban J connectivity index is 2.63. The van der Waals surface area contributed by atoms with Gasteiger partial charge >= 0.3 is 0 Å². The molecule has 0 aromatic carbocycles. The van der Waals surface area contributed by atoms with Crippen LogP contribution >= 0.6 is 0 Å². The minimum Gasteiger partial charge on any atom is -0.461 e. The smallest absolute Gasteiger partial charge is 0.133 e. The van der Waals surface area contributed by atoms with Crippen LogP contribution in [0.15, 0.2) is 34.8 Å². The molecule has 0 radical (unpaired) electrons. The van der Waals surface area contributed by atoms with E-state index in [1.807, 2.05) is 19.9 Å². The number of aryl methyl sites for hydroxylation is 1. The average Bonchev–Trinajstić information content (AvgIpc) is 2.75. The molecule has 1 aromatic rings. The van der Waals surface area contributed by atoms with Crippen LogP contribution < -0.4 is 0 Å². The van der Waals surface area contributed by atoms with Crippen molar-refractivity contribution >= 4 is 5.57 Å². The van der Waals surface area contributed by atoms with Gasteiger partial charge in [0.05, 0.1) is 0 Å². The summed E-state index contributed by atoms with van der Waals surface area (Å²) in [5, 5.41) is 0. The number of hydrogen-bond donors (Lipinski definition) is 0. The molecule has 0 atom stereocenters. The first-order valence-electron chi connectivity index (χ1n) is 6.19. The topological polar surface area (TPSA) is 13.1 Å². The third kappa shape index (κ3) is 3.73. The van der Waals surface area contributed by atoms with E-state index in [1.165, 1.54) is 19.3 Å². The number of rotatable bonds is 6. The summed E-state index contributed by atoms with van der Waals surface area (Å²) in [5.74, 6) is 2.08. The average molecular weight is 218 g/mol. The van der Waals surface area contributed by atoms with E-state index < -0.39 is 0 Å². The normalized spacial score (nSPS) is 12.6. The molecule has 1 rings (SSSR count). The quantitative estimate of drug-likeness (QED) is 0.484. The van der Waals surface area contributed by atoms with Crippen LogP contribution in [0.2, 0.25) is 0 Å². The predicted octanol–water partition coefficient (Wildman–Crippen LogP) is 4.99. The number of allylic oxidation sites excluding steroid dienone is 4. The molecule has 0 saturated carbocycles. The highest BCUT2D eigenvalue weighted by Crippen LogP contribution is 2.20. The van der Waals surface area contributed by atoms with Gasteiger partial charge in [0.15, 0.2) is 0 Å². The van der Waals surface area contributed by atoms with E-state index in [2.05, 4.69) is 31.2 Å². The van der Waals surface area contributed by atoms with Gasteiger partial charge in [0.1, 0.15) is 11.5 Å². The third-order valence-corrected chi connectivity index (χ3v) is 2.63. The maximum absolute atomic E-state index is 5.82. The van der Waals surface area contributed by atoms with Gasteiger partial charge in [0.25, 0.3) is 0 Å². The maximum atomic E-state index is 5.82. The van der Waals surface area contributed by atoms with Crippen LogP contribution in [-0.2, 0) is 6.42 Å². The Labute approximate surface area is 98.9 Å². The summed E-state index contributed by atoms with van der Waals surface area (Å²) in [6, 6.07) is 4.16. The summed E-state index contributed by atoms with van der Waals surface area (Å²) < 4.78 is 5.82. The molecular weight excluding hydrogens is 196 g/mol. The maximum Gasteiger partial charge on any atom is 0.133 e. The molecule has 0 fully saturated rings. The third-order valence-electron chi connectivity index (χ3n) is 2.63. The van der Waals surface area contributed by atoms with Crippen LogP contribution in [0.1, 0.15) is 51.6 Å². The molecule has 1 nitrogen and oxygen atoms in total. The second-order valence-electron chi connectivity index (χ2n) is 3.97. The Hall–Kier alpha value is -1.24. The van der Waals surface area contributed by atoms with Gasteiger partial charge in [-0.1, -0.05) is 38.0 Å². The van der Waals surface area contributed by atoms with Gasteiger partial charge in [-0.3, -0.25) is 0 Å². The molecule has 1 aromatic heterocycles. The second-order valence-corrected chi connectivity index (χ2v) is 3.97. The van der Waals surface area contributed by atoms with Crippen molar-refractivity contribution in [1.29, 1.82) is 0 Å². The van der Waals surface area contributed by atoms with Gasteiger partial charge in [-0.25, -0.2) is 0 Å². The first-order chi connectivity index (χ1) is 7.81.